The van der Waals surface area contributed by atoms with E-state index in [-0.39, 0.29) is 131 Å². The van der Waals surface area contributed by atoms with Crippen molar-refractivity contribution >= 4 is 113 Å². The molecular weight excluding hydrogens is 1250 g/mol. The molecule has 0 amide bonds. The van der Waals surface area contributed by atoms with Crippen LogP contribution in [-0.4, -0.2) is 102 Å². The van der Waals surface area contributed by atoms with E-state index in [0.717, 1.165) is 13.7 Å². The third kappa shape index (κ3) is 18.5. The van der Waals surface area contributed by atoms with Crippen LogP contribution in [0.3, 0.4) is 0 Å². The standard InChI is InChI=1S/4C15H15N3O3.C4H10O.C4H9O.K/c4*1-8-17-11-4-2-3-10(16)14(11)15(21)18(8)12-6-5-9(19)7-13(12)20;2*1-4(2,3)5;/h4*2-4,12H,5-7,16H2,1H3;5H,1-3H3;1-3H3;/q;;;;;-1;+1/t2*12-;;;;;/m10...../s1/i3*5D2,12D;;5D;;. The molecule has 4 aromatic carbocycles. The first-order valence-electron chi connectivity index (χ1n) is 34.4. The zero-order valence-corrected chi connectivity index (χ0v) is 57.6. The molecule has 0 bridgehead atoms. The largest absolute Gasteiger partial charge is 1.00 e. The van der Waals surface area contributed by atoms with Crippen molar-refractivity contribution < 1.29 is 112 Å². The third-order valence-electron chi connectivity index (χ3n) is 14.3. The number of ketones is 8. The van der Waals surface area contributed by atoms with Crippen LogP contribution in [0.25, 0.3) is 43.6 Å². The Morgan fingerprint density at radius 2 is 0.684 bits per heavy atom. The van der Waals surface area contributed by atoms with Crippen LogP contribution >= 0.6 is 0 Å². The number of hydrogen-bond donors (Lipinski definition) is 5. The van der Waals surface area contributed by atoms with E-state index in [9.17, 15) is 62.6 Å². The summed E-state index contributed by atoms with van der Waals surface area (Å²) in [7, 11) is 0. The molecule has 2 unspecified atom stereocenters. The fourth-order valence-corrected chi connectivity index (χ4v) is 10.3. The van der Waals surface area contributed by atoms with E-state index in [4.69, 9.17) is 36.7 Å². The number of aliphatic hydroxyl groups is 1. The Morgan fingerprint density at radius 3 is 0.937 bits per heavy atom. The first-order valence-corrected chi connectivity index (χ1v) is 29.5. The molecule has 4 saturated carbocycles. The fraction of sp³-hybridized carbons (Fsp3) is 0.412. The smallest absolute Gasteiger partial charge is 0.850 e. The van der Waals surface area contributed by atoms with Crippen molar-refractivity contribution in [2.75, 3.05) is 22.9 Å². The van der Waals surface area contributed by atoms with Crippen LogP contribution in [0.5, 0.6) is 0 Å². The normalized spacial score (nSPS) is 23.7. The van der Waals surface area contributed by atoms with Crippen LogP contribution in [0.1, 0.15) is 178 Å². The number of aromatic nitrogens is 8. The molecule has 12 rings (SSSR count). The van der Waals surface area contributed by atoms with Crippen molar-refractivity contribution in [1.82, 2.24) is 38.2 Å². The molecule has 4 atom stereocenters. The van der Waals surface area contributed by atoms with Gasteiger partial charge in [-0.25, -0.2) is 19.9 Å². The van der Waals surface area contributed by atoms with E-state index in [1.54, 1.807) is 82.3 Å². The molecule has 4 aliphatic rings. The maximum atomic E-state index is 12.9. The van der Waals surface area contributed by atoms with Gasteiger partial charge in [-0.15, -0.1) is 5.60 Å². The Hall–Kier alpha value is -8.44. The zero-order valence-electron chi connectivity index (χ0n) is 64.5. The molecule has 95 heavy (non-hydrogen) atoms. The molecule has 26 nitrogen and oxygen atoms in total. The number of nitrogens with zero attached hydrogens (tertiary/aromatic N) is 8. The van der Waals surface area contributed by atoms with Gasteiger partial charge >= 0.3 is 51.4 Å². The van der Waals surface area contributed by atoms with Gasteiger partial charge in [-0.05, 0) is 123 Å². The summed E-state index contributed by atoms with van der Waals surface area (Å²) in [5.41, 5.74) is 22.3. The number of Topliss-reactive ketones (excluding diaryl/α,β-unsaturated/α-hetero) is 8. The van der Waals surface area contributed by atoms with Crippen molar-refractivity contribution in [2.45, 2.75) is 181 Å². The summed E-state index contributed by atoms with van der Waals surface area (Å²) < 4.78 is 82.3. The molecule has 0 spiro atoms. The monoisotopic (exact) mass is 1340 g/mol. The Balaban J connectivity index is 0.000000209. The summed E-state index contributed by atoms with van der Waals surface area (Å²) in [5.74, 6) is -4.70. The van der Waals surface area contributed by atoms with Gasteiger partial charge in [0.15, 0.2) is 23.1 Å². The van der Waals surface area contributed by atoms with Gasteiger partial charge in [0.25, 0.3) is 22.2 Å². The van der Waals surface area contributed by atoms with Crippen molar-refractivity contribution in [1.29, 1.82) is 1.43 Å². The molecule has 4 fully saturated rings. The molecule has 9 N–H and O–H groups in total. The molecule has 4 aromatic heterocycles. The minimum atomic E-state index is -2.36. The molecule has 27 heteroatoms. The average Bonchev–Trinajstić information content (AvgIpc) is 0.742. The molecule has 0 saturated heterocycles. The second kappa shape index (κ2) is 31.4. The molecule has 0 radical (unpaired) electrons. The second-order valence-corrected chi connectivity index (χ2v) is 24.1. The summed E-state index contributed by atoms with van der Waals surface area (Å²) in [6, 6.07) is 12.0. The van der Waals surface area contributed by atoms with Crippen LogP contribution < -0.4 is 102 Å². The van der Waals surface area contributed by atoms with E-state index in [2.05, 4.69) is 25.0 Å². The van der Waals surface area contributed by atoms with Gasteiger partial charge in [0, 0.05) is 56.5 Å². The SMILES string of the molecule is CC(C)(C)[O-].Cc1nc2cccc(N)c2c(=O)n1C1CCC(=O)CC1=O.[2H]C1([2H])CC([2H])(n2c(C)nc3cccc(N)c3c2=O)C(=O)CC1=O.[2H]C1([2H])C[C@@]([2H])(n2c(C)nc3cccc(N)c3c2=O)C(=O)CC1=O.[2H]C1([2H])C[C@]([2H])(n2c(C)nc3cccc(N)c3c2=O)C(=O)CC1=O.[2H]OC(C)(C)C.[K+]. The van der Waals surface area contributed by atoms with Crippen molar-refractivity contribution in [3.05, 3.63) is 138 Å². The van der Waals surface area contributed by atoms with Crippen molar-refractivity contribution in [3.8, 4) is 0 Å². The second-order valence-electron chi connectivity index (χ2n) is 24.1. The number of carbonyl (C=O) groups excluding carboxylic acids is 8. The van der Waals surface area contributed by atoms with E-state index in [1.165, 1.54) is 43.5 Å². The van der Waals surface area contributed by atoms with Gasteiger partial charge in [-0.2, -0.15) is 0 Å². The van der Waals surface area contributed by atoms with Gasteiger partial charge in [-0.3, -0.25) is 75.8 Å². The van der Waals surface area contributed by atoms with Crippen LogP contribution in [0.4, 0.5) is 22.7 Å². The van der Waals surface area contributed by atoms with E-state index >= 15 is 0 Å². The Bertz CT molecular complexity index is 4780. The Labute approximate surface area is 602 Å². The van der Waals surface area contributed by atoms with Crippen LogP contribution in [-0.2, 0) is 38.4 Å². The quantitative estimate of drug-likeness (QED) is 0.0960. The summed E-state index contributed by atoms with van der Waals surface area (Å²) in [6.07, 6.45) is -11.0. The summed E-state index contributed by atoms with van der Waals surface area (Å²) in [6.45, 7) is 16.5. The van der Waals surface area contributed by atoms with Crippen LogP contribution in [0.2, 0.25) is 0 Å². The minimum Gasteiger partial charge on any atom is -0.850 e. The molecular formula is C68H79KN12O14. The third-order valence-corrected chi connectivity index (χ3v) is 14.3. The summed E-state index contributed by atoms with van der Waals surface area (Å²) in [5, 5.41) is 14.8. The minimum absolute atomic E-state index is 0. The van der Waals surface area contributed by atoms with Crippen molar-refractivity contribution in [3.63, 3.8) is 0 Å². The summed E-state index contributed by atoms with van der Waals surface area (Å²) >= 11 is 0. The number of rotatable bonds is 4. The maximum absolute atomic E-state index is 12.9. The summed E-state index contributed by atoms with van der Waals surface area (Å²) in [4.78, 5) is 164. The van der Waals surface area contributed by atoms with Crippen LogP contribution in [0, 0.1) is 27.7 Å². The number of anilines is 4. The number of nitrogen functional groups attached to an aromatic ring is 4. The maximum Gasteiger partial charge on any atom is 1.00 e. The predicted octanol–water partition coefficient (Wildman–Crippen LogP) is 2.53. The number of nitrogens with two attached hydrogens (primary N) is 4. The number of fused-ring (bicyclic) bond motifs is 4. The topological polar surface area (TPSA) is 423 Å². The van der Waals surface area contributed by atoms with Gasteiger partial charge in [0.05, 0.1) is 103 Å². The molecule has 496 valence electrons. The number of carbonyl (C=O) groups is 8. The first kappa shape index (κ1) is 61.4. The molecule has 4 heterocycles. The van der Waals surface area contributed by atoms with E-state index < -0.39 is 139 Å². The first-order chi connectivity index (χ1) is 47.8. The molecule has 8 aromatic rings. The van der Waals surface area contributed by atoms with Gasteiger partial charge < -0.3 is 33.2 Å². The predicted molar refractivity (Wildman–Crippen MR) is 354 cm³/mol. The number of benzene rings is 4. The number of hydrogen-bond acceptors (Lipinski definition) is 22. The number of aryl methyl sites for hydroxylation is 4. The van der Waals surface area contributed by atoms with E-state index in [0.29, 0.717) is 51.8 Å². The van der Waals surface area contributed by atoms with Crippen molar-refractivity contribution in [2.24, 2.45) is 0 Å². The Kier molecular flexibility index (Phi) is 20.3. The molecule has 4 aliphatic carbocycles. The van der Waals surface area contributed by atoms with Crippen LogP contribution in [0.15, 0.2) is 92.0 Å². The van der Waals surface area contributed by atoms with E-state index in [1.807, 2.05) is 20.8 Å². The Morgan fingerprint density at radius 1 is 0.442 bits per heavy atom. The molecule has 0 aliphatic heterocycles. The van der Waals surface area contributed by atoms with Gasteiger partial charge in [0.1, 0.15) is 46.4 Å². The zero-order chi connectivity index (χ0) is 78.4. The fourth-order valence-electron chi connectivity index (χ4n) is 10.3. The van der Waals surface area contributed by atoms with Gasteiger partial charge in [0.2, 0.25) is 1.43 Å². The average molecular weight is 1340 g/mol. The van der Waals surface area contributed by atoms with Gasteiger partial charge in [-0.1, -0.05) is 45.0 Å².